The topological polar surface area (TPSA) is 20.3 Å². The molecule has 1 heterocycles. The summed E-state index contributed by atoms with van der Waals surface area (Å²) in [6.07, 6.45) is 10.7. The van der Waals surface area contributed by atoms with Gasteiger partial charge in [0.2, 0.25) is 0 Å². The first kappa shape index (κ1) is 15.7. The Morgan fingerprint density at radius 1 is 1.10 bits per heavy atom. The van der Waals surface area contributed by atoms with E-state index in [1.54, 1.807) is 6.08 Å². The SMILES string of the molecule is CC(=O)/C=C/c1cc(F)ccc1N1CCCCCCCC1. The van der Waals surface area contributed by atoms with Gasteiger partial charge >= 0.3 is 0 Å². The van der Waals surface area contributed by atoms with Crippen molar-refractivity contribution in [3.63, 3.8) is 0 Å². The highest BCUT2D eigenvalue weighted by atomic mass is 19.1. The van der Waals surface area contributed by atoms with E-state index in [0.717, 1.165) is 24.3 Å². The molecule has 2 rings (SSSR count). The van der Waals surface area contributed by atoms with E-state index in [9.17, 15) is 9.18 Å². The zero-order valence-corrected chi connectivity index (χ0v) is 12.8. The van der Waals surface area contributed by atoms with E-state index in [0.29, 0.717) is 0 Å². The van der Waals surface area contributed by atoms with Crippen LogP contribution in [0.4, 0.5) is 10.1 Å². The Morgan fingerprint density at radius 2 is 1.71 bits per heavy atom. The lowest BCUT2D eigenvalue weighted by Gasteiger charge is -2.26. The third kappa shape index (κ3) is 5.00. The van der Waals surface area contributed by atoms with Crippen molar-refractivity contribution in [1.29, 1.82) is 0 Å². The van der Waals surface area contributed by atoms with Gasteiger partial charge in [-0.2, -0.15) is 0 Å². The van der Waals surface area contributed by atoms with Crippen LogP contribution in [0.25, 0.3) is 6.08 Å². The predicted molar refractivity (Wildman–Crippen MR) is 86.0 cm³/mol. The van der Waals surface area contributed by atoms with E-state index in [4.69, 9.17) is 0 Å². The Hall–Kier alpha value is -1.64. The molecule has 1 saturated heterocycles. The van der Waals surface area contributed by atoms with Crippen molar-refractivity contribution >= 4 is 17.5 Å². The van der Waals surface area contributed by atoms with Crippen molar-refractivity contribution in [2.75, 3.05) is 18.0 Å². The van der Waals surface area contributed by atoms with Crippen LogP contribution in [0.5, 0.6) is 0 Å². The van der Waals surface area contributed by atoms with E-state index in [-0.39, 0.29) is 11.6 Å². The summed E-state index contributed by atoms with van der Waals surface area (Å²) < 4.78 is 13.5. The van der Waals surface area contributed by atoms with Crippen LogP contribution >= 0.6 is 0 Å². The first-order valence-electron chi connectivity index (χ1n) is 7.90. The number of carbonyl (C=O) groups is 1. The van der Waals surface area contributed by atoms with Gasteiger partial charge < -0.3 is 4.90 Å². The quantitative estimate of drug-likeness (QED) is 0.759. The van der Waals surface area contributed by atoms with Crippen molar-refractivity contribution in [2.45, 2.75) is 45.4 Å². The number of rotatable bonds is 3. The molecule has 0 radical (unpaired) electrons. The van der Waals surface area contributed by atoms with Crippen molar-refractivity contribution in [1.82, 2.24) is 0 Å². The molecule has 3 heteroatoms. The van der Waals surface area contributed by atoms with Gasteiger partial charge in [0.15, 0.2) is 5.78 Å². The number of hydrogen-bond donors (Lipinski definition) is 0. The molecule has 1 fully saturated rings. The third-order valence-electron chi connectivity index (χ3n) is 3.93. The first-order chi connectivity index (χ1) is 10.2. The highest BCUT2D eigenvalue weighted by Gasteiger charge is 2.12. The maximum Gasteiger partial charge on any atom is 0.152 e. The minimum Gasteiger partial charge on any atom is -0.371 e. The molecule has 1 aromatic carbocycles. The zero-order valence-electron chi connectivity index (χ0n) is 12.8. The van der Waals surface area contributed by atoms with Gasteiger partial charge in [-0.3, -0.25) is 4.79 Å². The van der Waals surface area contributed by atoms with Crippen molar-refractivity contribution in [2.24, 2.45) is 0 Å². The van der Waals surface area contributed by atoms with E-state index in [1.807, 2.05) is 6.07 Å². The number of benzene rings is 1. The van der Waals surface area contributed by atoms with Gasteiger partial charge in [0, 0.05) is 24.3 Å². The van der Waals surface area contributed by atoms with Crippen molar-refractivity contribution in [3.8, 4) is 0 Å². The van der Waals surface area contributed by atoms with E-state index < -0.39 is 0 Å². The van der Waals surface area contributed by atoms with E-state index in [2.05, 4.69) is 4.90 Å². The van der Waals surface area contributed by atoms with Crippen LogP contribution in [0.2, 0.25) is 0 Å². The molecule has 0 saturated carbocycles. The second-order valence-electron chi connectivity index (χ2n) is 5.76. The lowest BCUT2D eigenvalue weighted by atomic mass is 10.1. The maximum atomic E-state index is 13.5. The van der Waals surface area contributed by atoms with Gasteiger partial charge in [0.05, 0.1) is 0 Å². The molecule has 1 aliphatic rings. The molecular formula is C18H24FNO. The first-order valence-corrected chi connectivity index (χ1v) is 7.90. The molecule has 1 aromatic rings. The molecule has 0 aliphatic carbocycles. The fraction of sp³-hybridized carbons (Fsp3) is 0.500. The molecule has 0 spiro atoms. The number of halogens is 1. The van der Waals surface area contributed by atoms with E-state index >= 15 is 0 Å². The average Bonchev–Trinajstić information content (AvgIpc) is 2.59. The Balaban J connectivity index is 2.24. The van der Waals surface area contributed by atoms with Crippen LogP contribution < -0.4 is 4.90 Å². The number of carbonyl (C=O) groups excluding carboxylic acids is 1. The summed E-state index contributed by atoms with van der Waals surface area (Å²) in [5, 5.41) is 0. The number of hydrogen-bond acceptors (Lipinski definition) is 2. The third-order valence-corrected chi connectivity index (χ3v) is 3.93. The molecule has 21 heavy (non-hydrogen) atoms. The Morgan fingerprint density at radius 3 is 2.33 bits per heavy atom. The second-order valence-corrected chi connectivity index (χ2v) is 5.76. The lowest BCUT2D eigenvalue weighted by molar-refractivity contribution is -0.112. The molecule has 0 bridgehead atoms. The molecule has 0 amide bonds. The summed E-state index contributed by atoms with van der Waals surface area (Å²) in [5.74, 6) is -0.277. The van der Waals surface area contributed by atoms with Gasteiger partial charge in [0.25, 0.3) is 0 Å². The van der Waals surface area contributed by atoms with E-state index in [1.165, 1.54) is 63.7 Å². The zero-order chi connectivity index (χ0) is 15.1. The summed E-state index contributed by atoms with van der Waals surface area (Å²) in [4.78, 5) is 13.5. The number of allylic oxidation sites excluding steroid dienone is 1. The fourth-order valence-electron chi connectivity index (χ4n) is 2.82. The highest BCUT2D eigenvalue weighted by Crippen LogP contribution is 2.25. The number of ketones is 1. The molecule has 0 unspecified atom stereocenters. The standard InChI is InChI=1S/C18H24FNO/c1-15(21)8-9-16-14-17(19)10-11-18(16)20-12-6-4-2-3-5-7-13-20/h8-11,14H,2-7,12-13H2,1H3/b9-8+. The normalized spacial score (nSPS) is 17.3. The molecule has 1 aliphatic heterocycles. The number of anilines is 1. The maximum absolute atomic E-state index is 13.5. The molecule has 2 nitrogen and oxygen atoms in total. The van der Waals surface area contributed by atoms with Gasteiger partial charge in [-0.05, 0) is 50.1 Å². The van der Waals surface area contributed by atoms with Crippen molar-refractivity contribution in [3.05, 3.63) is 35.7 Å². The van der Waals surface area contributed by atoms with Gasteiger partial charge in [-0.15, -0.1) is 0 Å². The van der Waals surface area contributed by atoms with Gasteiger partial charge in [0.1, 0.15) is 5.82 Å². The van der Waals surface area contributed by atoms with Crippen LogP contribution in [-0.2, 0) is 4.79 Å². The number of nitrogens with zero attached hydrogens (tertiary/aromatic N) is 1. The smallest absolute Gasteiger partial charge is 0.152 e. The molecule has 114 valence electrons. The fourth-order valence-corrected chi connectivity index (χ4v) is 2.82. The Labute approximate surface area is 126 Å². The van der Waals surface area contributed by atoms with Crippen LogP contribution in [0, 0.1) is 5.82 Å². The van der Waals surface area contributed by atoms with Crippen LogP contribution in [0.15, 0.2) is 24.3 Å². The molecular weight excluding hydrogens is 265 g/mol. The monoisotopic (exact) mass is 289 g/mol. The largest absolute Gasteiger partial charge is 0.371 e. The minimum absolute atomic E-state index is 0.0188. The predicted octanol–water partition coefficient (Wildman–Crippen LogP) is 4.59. The molecule has 0 N–H and O–H groups in total. The highest BCUT2D eigenvalue weighted by molar-refractivity contribution is 5.92. The summed E-state index contributed by atoms with van der Waals surface area (Å²) in [6.45, 7) is 3.52. The van der Waals surface area contributed by atoms with Crippen LogP contribution in [-0.4, -0.2) is 18.9 Å². The van der Waals surface area contributed by atoms with Gasteiger partial charge in [-0.1, -0.05) is 25.7 Å². The average molecular weight is 289 g/mol. The molecule has 0 atom stereocenters. The van der Waals surface area contributed by atoms with Gasteiger partial charge in [-0.25, -0.2) is 4.39 Å². The van der Waals surface area contributed by atoms with Crippen LogP contribution in [0.1, 0.15) is 51.0 Å². The van der Waals surface area contributed by atoms with Crippen LogP contribution in [0.3, 0.4) is 0 Å². The Kier molecular flexibility index (Phi) is 5.97. The summed E-state index contributed by atoms with van der Waals surface area (Å²) in [5.41, 5.74) is 1.83. The minimum atomic E-state index is -0.258. The Bertz CT molecular complexity index is 500. The summed E-state index contributed by atoms with van der Waals surface area (Å²) in [6, 6.07) is 4.86. The molecule has 0 aromatic heterocycles. The lowest BCUT2D eigenvalue weighted by Crippen LogP contribution is -2.26. The summed E-state index contributed by atoms with van der Waals surface area (Å²) >= 11 is 0. The summed E-state index contributed by atoms with van der Waals surface area (Å²) in [7, 11) is 0. The van der Waals surface area contributed by atoms with Crippen molar-refractivity contribution < 1.29 is 9.18 Å². The second kappa shape index (κ2) is 7.96.